The molecule has 1 unspecified atom stereocenters. The van der Waals surface area contributed by atoms with Crippen LogP contribution in [-0.2, 0) is 0 Å². The third-order valence-electron chi connectivity index (χ3n) is 3.11. The molecule has 1 atom stereocenters. The molecule has 0 fully saturated rings. The molecule has 2 aromatic carbocycles. The van der Waals surface area contributed by atoms with Crippen LogP contribution in [0, 0.1) is 0 Å². The molecule has 100 valence electrons. The maximum Gasteiger partial charge on any atom is 0.0790 e. The van der Waals surface area contributed by atoms with E-state index in [2.05, 4.69) is 6.92 Å². The molecule has 1 N–H and O–H groups in total. The molecule has 0 amide bonds. The van der Waals surface area contributed by atoms with Gasteiger partial charge in [0.15, 0.2) is 0 Å². The Morgan fingerprint density at radius 3 is 2.16 bits per heavy atom. The van der Waals surface area contributed by atoms with Gasteiger partial charge in [0, 0.05) is 0 Å². The van der Waals surface area contributed by atoms with Gasteiger partial charge < -0.3 is 5.11 Å². The van der Waals surface area contributed by atoms with Crippen LogP contribution in [0.5, 0.6) is 0 Å². The minimum atomic E-state index is -0.382. The van der Waals surface area contributed by atoms with Gasteiger partial charge in [-0.1, -0.05) is 66.9 Å². The fourth-order valence-corrected chi connectivity index (χ4v) is 2.31. The highest BCUT2D eigenvalue weighted by atomic mass is 35.5. The van der Waals surface area contributed by atoms with E-state index in [-0.39, 0.29) is 6.10 Å². The highest BCUT2D eigenvalue weighted by molar-refractivity contribution is 6.42. The minimum Gasteiger partial charge on any atom is -0.388 e. The van der Waals surface area contributed by atoms with Crippen molar-refractivity contribution in [1.29, 1.82) is 0 Å². The molecule has 0 saturated heterocycles. The molecule has 0 aliphatic heterocycles. The van der Waals surface area contributed by atoms with E-state index >= 15 is 0 Å². The summed E-state index contributed by atoms with van der Waals surface area (Å²) in [5.74, 6) is 0. The van der Waals surface area contributed by atoms with Crippen molar-refractivity contribution in [3.63, 3.8) is 0 Å². The molecule has 0 bridgehead atoms. The highest BCUT2D eigenvalue weighted by Crippen LogP contribution is 2.29. The Balaban J connectivity index is 2.24. The van der Waals surface area contributed by atoms with Gasteiger partial charge in [0.25, 0.3) is 0 Å². The van der Waals surface area contributed by atoms with Crippen molar-refractivity contribution < 1.29 is 5.11 Å². The summed E-state index contributed by atoms with van der Waals surface area (Å²) in [6, 6.07) is 13.5. The fourth-order valence-electron chi connectivity index (χ4n) is 2.01. The molecular weight excluding hydrogens is 279 g/mol. The Morgan fingerprint density at radius 1 is 0.947 bits per heavy atom. The lowest BCUT2D eigenvalue weighted by atomic mass is 10.0. The van der Waals surface area contributed by atoms with Crippen molar-refractivity contribution in [2.24, 2.45) is 0 Å². The molecule has 0 radical (unpaired) electrons. The summed E-state index contributed by atoms with van der Waals surface area (Å²) in [6.07, 6.45) is 1.37. The molecular formula is C16H16Cl2O. The van der Waals surface area contributed by atoms with Gasteiger partial charge >= 0.3 is 0 Å². The average molecular weight is 295 g/mol. The van der Waals surface area contributed by atoms with E-state index in [4.69, 9.17) is 23.2 Å². The Labute approximate surface area is 123 Å². The first kappa shape index (κ1) is 14.4. The summed E-state index contributed by atoms with van der Waals surface area (Å²) >= 11 is 11.9. The Kier molecular flexibility index (Phi) is 4.87. The summed E-state index contributed by atoms with van der Waals surface area (Å²) < 4.78 is 0. The van der Waals surface area contributed by atoms with Crippen molar-refractivity contribution in [2.75, 3.05) is 0 Å². The van der Waals surface area contributed by atoms with E-state index in [0.717, 1.165) is 29.5 Å². The lowest BCUT2D eigenvalue weighted by Crippen LogP contribution is -1.96. The number of hydrogen-bond donors (Lipinski definition) is 1. The van der Waals surface area contributed by atoms with Crippen LogP contribution < -0.4 is 0 Å². The van der Waals surface area contributed by atoms with Crippen LogP contribution in [0.4, 0.5) is 0 Å². The lowest BCUT2D eigenvalue weighted by molar-refractivity contribution is 0.166. The van der Waals surface area contributed by atoms with E-state index in [1.807, 2.05) is 36.4 Å². The smallest absolute Gasteiger partial charge is 0.0790 e. The topological polar surface area (TPSA) is 20.2 Å². The normalized spacial score (nSPS) is 12.4. The van der Waals surface area contributed by atoms with Crippen LogP contribution in [0.1, 0.15) is 31.4 Å². The van der Waals surface area contributed by atoms with E-state index in [0.29, 0.717) is 10.0 Å². The molecule has 0 heterocycles. The second kappa shape index (κ2) is 6.42. The predicted octanol–water partition coefficient (Wildman–Crippen LogP) is 5.49. The molecule has 0 aliphatic carbocycles. The van der Waals surface area contributed by atoms with Crippen molar-refractivity contribution in [3.8, 4) is 11.1 Å². The zero-order valence-electron chi connectivity index (χ0n) is 10.7. The lowest BCUT2D eigenvalue weighted by Gasteiger charge is -2.10. The number of aliphatic hydroxyl groups excluding tert-OH is 1. The second-order valence-corrected chi connectivity index (χ2v) is 5.37. The maximum absolute atomic E-state index is 9.92. The van der Waals surface area contributed by atoms with Crippen LogP contribution in [0.15, 0.2) is 42.5 Å². The monoisotopic (exact) mass is 294 g/mol. The first-order chi connectivity index (χ1) is 9.11. The van der Waals surface area contributed by atoms with Gasteiger partial charge in [-0.2, -0.15) is 0 Å². The van der Waals surface area contributed by atoms with E-state index in [1.165, 1.54) is 0 Å². The molecule has 19 heavy (non-hydrogen) atoms. The van der Waals surface area contributed by atoms with Crippen LogP contribution in [0.25, 0.3) is 11.1 Å². The number of rotatable bonds is 4. The largest absolute Gasteiger partial charge is 0.388 e. The number of hydrogen-bond acceptors (Lipinski definition) is 1. The van der Waals surface area contributed by atoms with Gasteiger partial charge in [0.1, 0.15) is 0 Å². The average Bonchev–Trinajstić information content (AvgIpc) is 2.42. The fraction of sp³-hybridized carbons (Fsp3) is 0.250. The van der Waals surface area contributed by atoms with Crippen LogP contribution >= 0.6 is 23.2 Å². The van der Waals surface area contributed by atoms with E-state index in [9.17, 15) is 5.11 Å². The standard InChI is InChI=1S/C16H16Cl2O/c1-2-3-16(19)12-6-4-11(5-7-12)13-8-9-14(17)15(18)10-13/h4-10,16,19H,2-3H2,1H3. The Morgan fingerprint density at radius 2 is 1.58 bits per heavy atom. The molecule has 0 saturated carbocycles. The van der Waals surface area contributed by atoms with Crippen molar-refractivity contribution in [1.82, 2.24) is 0 Å². The summed E-state index contributed by atoms with van der Waals surface area (Å²) in [5, 5.41) is 11.0. The number of benzene rings is 2. The second-order valence-electron chi connectivity index (χ2n) is 4.56. The molecule has 2 aromatic rings. The van der Waals surface area contributed by atoms with Gasteiger partial charge in [-0.05, 0) is 35.2 Å². The Hall–Kier alpha value is -1.02. The van der Waals surface area contributed by atoms with E-state index < -0.39 is 0 Å². The molecule has 0 spiro atoms. The molecule has 2 rings (SSSR count). The number of halogens is 2. The van der Waals surface area contributed by atoms with Gasteiger partial charge in [0.05, 0.1) is 16.1 Å². The molecule has 0 aliphatic rings. The Bertz CT molecular complexity index is 549. The molecule has 3 heteroatoms. The third-order valence-corrected chi connectivity index (χ3v) is 3.85. The first-order valence-corrected chi connectivity index (χ1v) is 7.11. The van der Waals surface area contributed by atoms with E-state index in [1.54, 1.807) is 6.07 Å². The summed E-state index contributed by atoms with van der Waals surface area (Å²) in [7, 11) is 0. The molecule has 0 aromatic heterocycles. The van der Waals surface area contributed by atoms with Gasteiger partial charge in [-0.25, -0.2) is 0 Å². The number of aliphatic hydroxyl groups is 1. The van der Waals surface area contributed by atoms with Crippen molar-refractivity contribution >= 4 is 23.2 Å². The van der Waals surface area contributed by atoms with Crippen molar-refractivity contribution in [3.05, 3.63) is 58.1 Å². The van der Waals surface area contributed by atoms with Crippen LogP contribution in [0.3, 0.4) is 0 Å². The van der Waals surface area contributed by atoms with Crippen LogP contribution in [0.2, 0.25) is 10.0 Å². The quantitative estimate of drug-likeness (QED) is 0.790. The third kappa shape index (κ3) is 3.50. The zero-order chi connectivity index (χ0) is 13.8. The maximum atomic E-state index is 9.92. The van der Waals surface area contributed by atoms with Gasteiger partial charge in [-0.15, -0.1) is 0 Å². The zero-order valence-corrected chi connectivity index (χ0v) is 12.2. The highest BCUT2D eigenvalue weighted by Gasteiger charge is 2.07. The summed E-state index contributed by atoms with van der Waals surface area (Å²) in [6.45, 7) is 2.06. The SMILES string of the molecule is CCCC(O)c1ccc(-c2ccc(Cl)c(Cl)c2)cc1. The predicted molar refractivity (Wildman–Crippen MR) is 81.8 cm³/mol. The summed E-state index contributed by atoms with van der Waals surface area (Å²) in [4.78, 5) is 0. The molecule has 1 nitrogen and oxygen atoms in total. The van der Waals surface area contributed by atoms with Crippen LogP contribution in [-0.4, -0.2) is 5.11 Å². The van der Waals surface area contributed by atoms with Gasteiger partial charge in [-0.3, -0.25) is 0 Å². The van der Waals surface area contributed by atoms with Gasteiger partial charge in [0.2, 0.25) is 0 Å². The minimum absolute atomic E-state index is 0.382. The first-order valence-electron chi connectivity index (χ1n) is 6.35. The summed E-state index contributed by atoms with van der Waals surface area (Å²) in [5.41, 5.74) is 3.03. The van der Waals surface area contributed by atoms with Crippen molar-refractivity contribution in [2.45, 2.75) is 25.9 Å².